The molecule has 150 valence electrons. The van der Waals surface area contributed by atoms with Crippen LogP contribution >= 0.6 is 23.1 Å². The van der Waals surface area contributed by atoms with E-state index >= 15 is 0 Å². The van der Waals surface area contributed by atoms with E-state index in [0.717, 1.165) is 32.0 Å². The third-order valence-corrected chi connectivity index (χ3v) is 7.62. The SMILES string of the molecule is CCCC[n+]1ccc(/C=c2\s/c(=C3/Sc4ccccc4N3C)c(=O)n2CC)cc1. The number of aryl methyl sites for hydroxylation is 1. The molecule has 0 spiro atoms. The van der Waals surface area contributed by atoms with Crippen LogP contribution in [-0.4, -0.2) is 11.6 Å². The summed E-state index contributed by atoms with van der Waals surface area (Å²) < 4.78 is 5.90. The van der Waals surface area contributed by atoms with Crippen molar-refractivity contribution in [1.82, 2.24) is 4.57 Å². The number of hydrogen-bond donors (Lipinski definition) is 0. The second kappa shape index (κ2) is 8.59. The van der Waals surface area contributed by atoms with E-state index in [-0.39, 0.29) is 5.56 Å². The Balaban J connectivity index is 1.78. The second-order valence-electron chi connectivity index (χ2n) is 7.12. The van der Waals surface area contributed by atoms with Crippen LogP contribution in [-0.2, 0) is 13.1 Å². The van der Waals surface area contributed by atoms with Crippen molar-refractivity contribution in [3.8, 4) is 0 Å². The molecule has 1 aromatic carbocycles. The van der Waals surface area contributed by atoms with Gasteiger partial charge in [0.2, 0.25) is 0 Å². The fourth-order valence-corrected chi connectivity index (χ4v) is 5.94. The molecular formula is C23H26N3OS2+. The van der Waals surface area contributed by atoms with Gasteiger partial charge in [-0.05, 0) is 30.7 Å². The van der Waals surface area contributed by atoms with Crippen molar-refractivity contribution >= 4 is 39.9 Å². The van der Waals surface area contributed by atoms with Crippen LogP contribution in [0.15, 0.2) is 58.5 Å². The molecule has 0 radical (unpaired) electrons. The molecule has 0 saturated heterocycles. The normalized spacial score (nSPS) is 15.8. The van der Waals surface area contributed by atoms with Gasteiger partial charge in [-0.3, -0.25) is 9.36 Å². The Hall–Kier alpha value is -2.31. The van der Waals surface area contributed by atoms with Crippen molar-refractivity contribution in [2.24, 2.45) is 0 Å². The number of benzene rings is 1. The van der Waals surface area contributed by atoms with E-state index in [4.69, 9.17) is 0 Å². The number of rotatable bonds is 5. The summed E-state index contributed by atoms with van der Waals surface area (Å²) in [5.41, 5.74) is 2.38. The first-order valence-corrected chi connectivity index (χ1v) is 11.7. The first-order valence-electron chi connectivity index (χ1n) is 10.1. The van der Waals surface area contributed by atoms with Gasteiger partial charge in [0.25, 0.3) is 5.56 Å². The maximum absolute atomic E-state index is 13.2. The summed E-state index contributed by atoms with van der Waals surface area (Å²) in [6, 6.07) is 12.5. The second-order valence-corrected chi connectivity index (χ2v) is 9.18. The number of thioether (sulfide) groups is 1. The number of aromatic nitrogens is 2. The highest BCUT2D eigenvalue weighted by Gasteiger charge is 2.24. The van der Waals surface area contributed by atoms with Gasteiger partial charge in [-0.2, -0.15) is 0 Å². The smallest absolute Gasteiger partial charge is 0.271 e. The molecule has 1 aliphatic heterocycles. The van der Waals surface area contributed by atoms with Crippen molar-refractivity contribution in [3.05, 3.63) is 73.9 Å². The fourth-order valence-electron chi connectivity index (χ4n) is 3.47. The number of hydrogen-bond acceptors (Lipinski definition) is 4. The third kappa shape index (κ3) is 3.91. The molecule has 0 aliphatic carbocycles. The molecule has 4 rings (SSSR count). The molecule has 0 atom stereocenters. The summed E-state index contributed by atoms with van der Waals surface area (Å²) >= 11 is 3.27. The molecule has 1 aliphatic rings. The molecule has 0 amide bonds. The van der Waals surface area contributed by atoms with Crippen LogP contribution in [0, 0.1) is 0 Å². The summed E-state index contributed by atoms with van der Waals surface area (Å²) in [5, 5.41) is 1.02. The van der Waals surface area contributed by atoms with Crippen LogP contribution in [0.25, 0.3) is 11.1 Å². The van der Waals surface area contributed by atoms with E-state index in [2.05, 4.69) is 59.1 Å². The van der Waals surface area contributed by atoms with E-state index < -0.39 is 0 Å². The van der Waals surface area contributed by atoms with Gasteiger partial charge in [0, 0.05) is 37.0 Å². The van der Waals surface area contributed by atoms with Crippen LogP contribution in [0.1, 0.15) is 32.3 Å². The lowest BCUT2D eigenvalue weighted by molar-refractivity contribution is -0.697. The summed E-state index contributed by atoms with van der Waals surface area (Å²) in [4.78, 5) is 16.5. The first kappa shape index (κ1) is 20.0. The average molecular weight is 425 g/mol. The molecule has 3 aromatic rings. The molecule has 29 heavy (non-hydrogen) atoms. The zero-order valence-electron chi connectivity index (χ0n) is 17.1. The van der Waals surface area contributed by atoms with Crippen LogP contribution in [0.4, 0.5) is 5.69 Å². The lowest BCUT2D eigenvalue weighted by atomic mass is 10.2. The van der Waals surface area contributed by atoms with Crippen LogP contribution in [0.5, 0.6) is 0 Å². The molecule has 0 saturated carbocycles. The van der Waals surface area contributed by atoms with Gasteiger partial charge in [0.05, 0.1) is 10.4 Å². The highest BCUT2D eigenvalue weighted by molar-refractivity contribution is 8.08. The Bertz CT molecular complexity index is 1190. The largest absolute Gasteiger partial charge is 0.337 e. The monoisotopic (exact) mass is 424 g/mol. The Morgan fingerprint density at radius 2 is 1.86 bits per heavy atom. The number of unbranched alkanes of at least 4 members (excludes halogenated alkanes) is 1. The van der Waals surface area contributed by atoms with Crippen molar-refractivity contribution in [2.45, 2.75) is 44.7 Å². The molecule has 0 bridgehead atoms. The Labute approximate surface area is 179 Å². The third-order valence-electron chi connectivity index (χ3n) is 5.14. The lowest BCUT2D eigenvalue weighted by Crippen LogP contribution is -2.33. The van der Waals surface area contributed by atoms with E-state index in [1.807, 2.05) is 30.7 Å². The number of anilines is 1. The van der Waals surface area contributed by atoms with Crippen LogP contribution < -0.4 is 24.2 Å². The number of thiazole rings is 1. The molecule has 0 unspecified atom stereocenters. The predicted molar refractivity (Wildman–Crippen MR) is 123 cm³/mol. The van der Waals surface area contributed by atoms with Crippen LogP contribution in [0.2, 0.25) is 0 Å². The highest BCUT2D eigenvalue weighted by Crippen LogP contribution is 2.44. The fraction of sp³-hybridized carbons (Fsp3) is 0.304. The number of nitrogens with zero attached hydrogens (tertiary/aromatic N) is 3. The van der Waals surface area contributed by atoms with Gasteiger partial charge in [0.1, 0.15) is 16.1 Å². The van der Waals surface area contributed by atoms with E-state index in [0.29, 0.717) is 6.54 Å². The Morgan fingerprint density at radius 3 is 2.55 bits per heavy atom. The van der Waals surface area contributed by atoms with E-state index in [9.17, 15) is 4.79 Å². The standard InChI is InChI=1S/C23H26N3OS2/c1-4-6-13-25-14-11-17(12-15-25)16-20-26(5-2)22(27)21(29-20)23-24(3)18-9-7-8-10-19(18)28-23/h7-12,14-16H,4-6,13H2,1-3H3/q+1/b23-21+. The Kier molecular flexibility index (Phi) is 5.92. The topological polar surface area (TPSA) is 29.1 Å². The van der Waals surface area contributed by atoms with Crippen molar-refractivity contribution in [1.29, 1.82) is 0 Å². The van der Waals surface area contributed by atoms with Gasteiger partial charge in [-0.25, -0.2) is 4.57 Å². The minimum Gasteiger partial charge on any atom is -0.337 e. The molecule has 3 heterocycles. The van der Waals surface area contributed by atoms with E-state index in [1.165, 1.54) is 17.7 Å². The lowest BCUT2D eigenvalue weighted by Gasteiger charge is -2.11. The molecule has 2 aromatic heterocycles. The molecule has 6 heteroatoms. The number of fused-ring (bicyclic) bond motifs is 1. The van der Waals surface area contributed by atoms with Gasteiger partial charge in [0.15, 0.2) is 12.4 Å². The summed E-state index contributed by atoms with van der Waals surface area (Å²) in [6.45, 7) is 5.95. The predicted octanol–water partition coefficient (Wildman–Crippen LogP) is 3.15. The minimum atomic E-state index is 0.0971. The van der Waals surface area contributed by atoms with Gasteiger partial charge < -0.3 is 4.90 Å². The number of para-hydroxylation sites is 1. The highest BCUT2D eigenvalue weighted by atomic mass is 32.2. The zero-order chi connectivity index (χ0) is 20.4. The van der Waals surface area contributed by atoms with Crippen molar-refractivity contribution in [2.75, 3.05) is 11.9 Å². The molecular weight excluding hydrogens is 398 g/mol. The average Bonchev–Trinajstić information content (AvgIpc) is 3.24. The quantitative estimate of drug-likeness (QED) is 0.589. The van der Waals surface area contributed by atoms with Crippen molar-refractivity contribution < 1.29 is 4.57 Å². The maximum atomic E-state index is 13.2. The molecule has 0 N–H and O–H groups in total. The maximum Gasteiger partial charge on any atom is 0.271 e. The van der Waals surface area contributed by atoms with Crippen LogP contribution in [0.3, 0.4) is 0 Å². The number of pyridine rings is 1. The molecule has 0 fully saturated rings. The van der Waals surface area contributed by atoms with Gasteiger partial charge in [-0.15, -0.1) is 11.3 Å². The summed E-state index contributed by atoms with van der Waals surface area (Å²) in [7, 11) is 2.04. The molecule has 4 nitrogen and oxygen atoms in total. The zero-order valence-corrected chi connectivity index (χ0v) is 18.7. The van der Waals surface area contributed by atoms with Crippen molar-refractivity contribution in [3.63, 3.8) is 0 Å². The van der Waals surface area contributed by atoms with Gasteiger partial charge in [-0.1, -0.05) is 37.2 Å². The summed E-state index contributed by atoms with van der Waals surface area (Å²) in [6.07, 6.45) is 8.74. The van der Waals surface area contributed by atoms with Gasteiger partial charge >= 0.3 is 0 Å². The first-order chi connectivity index (χ1) is 14.1. The Morgan fingerprint density at radius 1 is 1.10 bits per heavy atom. The summed E-state index contributed by atoms with van der Waals surface area (Å²) in [5.74, 6) is 0. The van der Waals surface area contributed by atoms with E-state index in [1.54, 1.807) is 23.1 Å². The minimum absolute atomic E-state index is 0.0971.